The van der Waals surface area contributed by atoms with E-state index in [-0.39, 0.29) is 22.4 Å². The second-order valence-electron chi connectivity index (χ2n) is 5.85. The number of hydrogen-bond donors (Lipinski definition) is 3. The topological polar surface area (TPSA) is 106 Å². The lowest BCUT2D eigenvalue weighted by Gasteiger charge is -2.09. The monoisotopic (exact) mass is 397 g/mol. The maximum atomic E-state index is 12.6. The predicted octanol–water partition coefficient (Wildman–Crippen LogP) is 2.02. The van der Waals surface area contributed by atoms with Gasteiger partial charge in [-0.15, -0.1) is 0 Å². The van der Waals surface area contributed by atoms with Gasteiger partial charge in [-0.1, -0.05) is 18.2 Å². The number of amides is 2. The first-order valence-corrected chi connectivity index (χ1v) is 8.93. The smallest absolute Gasteiger partial charge is 0.278 e. The van der Waals surface area contributed by atoms with Crippen LogP contribution in [0.3, 0.4) is 0 Å². The van der Waals surface area contributed by atoms with Crippen LogP contribution in [0, 0.1) is 0 Å². The Morgan fingerprint density at radius 3 is 2.46 bits per heavy atom. The van der Waals surface area contributed by atoms with Gasteiger partial charge in [-0.3, -0.25) is 24.3 Å². The van der Waals surface area contributed by atoms with E-state index in [0.717, 1.165) is 0 Å². The summed E-state index contributed by atoms with van der Waals surface area (Å²) in [6.45, 7) is 2.47. The second kappa shape index (κ2) is 8.44. The quantitative estimate of drug-likeness (QED) is 0.569. The molecule has 0 aliphatic heterocycles. The van der Waals surface area contributed by atoms with E-state index in [4.69, 9.17) is 12.2 Å². The molecule has 0 spiro atoms. The Balaban J connectivity index is 1.72. The number of thiocarbonyl (C=S) groups is 1. The minimum atomic E-state index is -0.448. The lowest BCUT2D eigenvalue weighted by molar-refractivity contribution is 0.0971. The molecule has 0 bridgehead atoms. The molecule has 2 aromatic heterocycles. The number of nitrogens with one attached hydrogen (secondary N) is 3. The number of benzene rings is 1. The standard InChI is InChI=1S/C18H19N7O2S/c1-3-25-11-14(15(23-25)17(27)19-12-7-5-4-6-8-12)20-18(28)21-16(26)13-9-10-24(2)22-13/h4-11H,3H2,1-2H3,(H,19,27)(H2,20,21,26,28). The average Bonchev–Trinajstić information content (AvgIpc) is 3.28. The van der Waals surface area contributed by atoms with Gasteiger partial charge in [-0.05, 0) is 37.3 Å². The van der Waals surface area contributed by atoms with Crippen LogP contribution in [0.25, 0.3) is 0 Å². The molecule has 0 unspecified atom stereocenters. The number of aromatic nitrogens is 4. The molecule has 2 heterocycles. The van der Waals surface area contributed by atoms with Crippen molar-refractivity contribution in [3.05, 3.63) is 60.2 Å². The van der Waals surface area contributed by atoms with Gasteiger partial charge in [-0.25, -0.2) is 0 Å². The van der Waals surface area contributed by atoms with Crippen LogP contribution < -0.4 is 16.0 Å². The summed E-state index contributed by atoms with van der Waals surface area (Å²) in [4.78, 5) is 24.8. The molecule has 3 rings (SSSR count). The van der Waals surface area contributed by atoms with Gasteiger partial charge < -0.3 is 10.6 Å². The fourth-order valence-corrected chi connectivity index (χ4v) is 2.61. The van der Waals surface area contributed by atoms with Crippen LogP contribution in [0.1, 0.15) is 27.9 Å². The summed E-state index contributed by atoms with van der Waals surface area (Å²) >= 11 is 5.19. The lowest BCUT2D eigenvalue weighted by Crippen LogP contribution is -2.34. The van der Waals surface area contributed by atoms with Gasteiger partial charge in [0.25, 0.3) is 11.8 Å². The molecule has 1 aromatic carbocycles. The van der Waals surface area contributed by atoms with Crippen molar-refractivity contribution in [2.75, 3.05) is 10.6 Å². The van der Waals surface area contributed by atoms with E-state index in [1.807, 2.05) is 25.1 Å². The second-order valence-corrected chi connectivity index (χ2v) is 6.26. The molecule has 0 saturated heterocycles. The third-order valence-corrected chi connectivity index (χ3v) is 3.96. The summed E-state index contributed by atoms with van der Waals surface area (Å²) in [5.74, 6) is -0.837. The molecule has 3 aromatic rings. The molecule has 0 aliphatic carbocycles. The first kappa shape index (κ1) is 19.2. The highest BCUT2D eigenvalue weighted by Gasteiger charge is 2.19. The Bertz CT molecular complexity index is 1010. The fourth-order valence-electron chi connectivity index (χ4n) is 2.41. The van der Waals surface area contributed by atoms with Crippen LogP contribution in [0.5, 0.6) is 0 Å². The third kappa shape index (κ3) is 4.60. The molecule has 9 nitrogen and oxygen atoms in total. The molecule has 0 saturated carbocycles. The summed E-state index contributed by atoms with van der Waals surface area (Å²) in [5, 5.41) is 16.5. The van der Waals surface area contributed by atoms with Gasteiger partial charge in [-0.2, -0.15) is 10.2 Å². The molecule has 0 atom stereocenters. The minimum absolute atomic E-state index is 0.0417. The normalized spacial score (nSPS) is 10.4. The zero-order valence-electron chi connectivity index (χ0n) is 15.3. The number of hydrogen-bond acceptors (Lipinski definition) is 5. The highest BCUT2D eigenvalue weighted by Crippen LogP contribution is 2.16. The van der Waals surface area contributed by atoms with Crippen LogP contribution >= 0.6 is 12.2 Å². The van der Waals surface area contributed by atoms with Crippen LogP contribution in [0.4, 0.5) is 11.4 Å². The Hall–Kier alpha value is -3.53. The van der Waals surface area contributed by atoms with E-state index in [1.54, 1.807) is 42.3 Å². The summed E-state index contributed by atoms with van der Waals surface area (Å²) in [7, 11) is 1.71. The van der Waals surface area contributed by atoms with Crippen LogP contribution in [-0.2, 0) is 13.6 Å². The Morgan fingerprint density at radius 2 is 1.82 bits per heavy atom. The van der Waals surface area contributed by atoms with E-state index in [9.17, 15) is 9.59 Å². The zero-order chi connectivity index (χ0) is 20.1. The molecule has 0 aliphatic rings. The van der Waals surface area contributed by atoms with Crippen molar-refractivity contribution in [3.63, 3.8) is 0 Å². The van der Waals surface area contributed by atoms with Gasteiger partial charge >= 0.3 is 0 Å². The van der Waals surface area contributed by atoms with Crippen molar-refractivity contribution in [1.82, 2.24) is 24.9 Å². The van der Waals surface area contributed by atoms with E-state index in [2.05, 4.69) is 26.1 Å². The summed E-state index contributed by atoms with van der Waals surface area (Å²) < 4.78 is 3.12. The van der Waals surface area contributed by atoms with Crippen molar-refractivity contribution in [2.24, 2.45) is 7.05 Å². The fraction of sp³-hybridized carbons (Fsp3) is 0.167. The summed E-state index contributed by atoms with van der Waals surface area (Å²) in [6, 6.07) is 10.6. The number of aryl methyl sites for hydroxylation is 2. The minimum Gasteiger partial charge on any atom is -0.329 e. The number of carbonyl (C=O) groups is 2. The first-order chi connectivity index (χ1) is 13.5. The SMILES string of the molecule is CCn1cc(NC(=S)NC(=O)c2ccn(C)n2)c(C(=O)Nc2ccccc2)n1. The maximum Gasteiger partial charge on any atom is 0.278 e. The van der Waals surface area contributed by atoms with Crippen molar-refractivity contribution >= 4 is 40.5 Å². The van der Waals surface area contributed by atoms with Crippen molar-refractivity contribution in [3.8, 4) is 0 Å². The number of nitrogens with zero attached hydrogens (tertiary/aromatic N) is 4. The van der Waals surface area contributed by atoms with Gasteiger partial charge in [0.2, 0.25) is 0 Å². The lowest BCUT2D eigenvalue weighted by atomic mass is 10.3. The van der Waals surface area contributed by atoms with Gasteiger partial charge in [0.15, 0.2) is 16.5 Å². The summed E-state index contributed by atoms with van der Waals surface area (Å²) in [5.41, 5.74) is 1.44. The molecule has 0 radical (unpaired) electrons. The maximum absolute atomic E-state index is 12.6. The van der Waals surface area contributed by atoms with E-state index < -0.39 is 5.91 Å². The molecule has 2 amide bonds. The predicted molar refractivity (Wildman–Crippen MR) is 109 cm³/mol. The Morgan fingerprint density at radius 1 is 1.07 bits per heavy atom. The van der Waals surface area contributed by atoms with Gasteiger partial charge in [0, 0.05) is 31.7 Å². The van der Waals surface area contributed by atoms with Crippen molar-refractivity contribution in [2.45, 2.75) is 13.5 Å². The van der Waals surface area contributed by atoms with Crippen molar-refractivity contribution < 1.29 is 9.59 Å². The molecule has 144 valence electrons. The first-order valence-electron chi connectivity index (χ1n) is 8.52. The largest absolute Gasteiger partial charge is 0.329 e. The van der Waals surface area contributed by atoms with E-state index >= 15 is 0 Å². The molecule has 10 heteroatoms. The number of carbonyl (C=O) groups excluding carboxylic acids is 2. The average molecular weight is 397 g/mol. The molecule has 0 fully saturated rings. The number of rotatable bonds is 5. The van der Waals surface area contributed by atoms with Crippen LogP contribution in [0.2, 0.25) is 0 Å². The van der Waals surface area contributed by atoms with Gasteiger partial charge in [0.1, 0.15) is 0 Å². The van der Waals surface area contributed by atoms with Crippen LogP contribution in [-0.4, -0.2) is 36.5 Å². The zero-order valence-corrected chi connectivity index (χ0v) is 16.2. The molecular formula is C18H19N7O2S. The highest BCUT2D eigenvalue weighted by molar-refractivity contribution is 7.80. The third-order valence-electron chi connectivity index (χ3n) is 3.75. The van der Waals surface area contributed by atoms with Crippen molar-refractivity contribution in [1.29, 1.82) is 0 Å². The molecule has 28 heavy (non-hydrogen) atoms. The Kier molecular flexibility index (Phi) is 5.80. The molecule has 3 N–H and O–H groups in total. The summed E-state index contributed by atoms with van der Waals surface area (Å²) in [6.07, 6.45) is 3.31. The number of para-hydroxylation sites is 1. The number of anilines is 2. The van der Waals surface area contributed by atoms with E-state index in [0.29, 0.717) is 17.9 Å². The Labute approximate surface area is 166 Å². The van der Waals surface area contributed by atoms with Crippen LogP contribution in [0.15, 0.2) is 48.8 Å². The van der Waals surface area contributed by atoms with Gasteiger partial charge in [0.05, 0.1) is 5.69 Å². The highest BCUT2D eigenvalue weighted by atomic mass is 32.1. The molecular weight excluding hydrogens is 378 g/mol. The van der Waals surface area contributed by atoms with E-state index in [1.165, 1.54) is 4.68 Å².